The minimum atomic E-state index is -3.96. The fourth-order valence-corrected chi connectivity index (χ4v) is 2.76. The molecule has 19 heavy (non-hydrogen) atoms. The molecule has 0 fully saturated rings. The molecule has 0 saturated heterocycles. The first-order valence-electron chi connectivity index (χ1n) is 5.04. The summed E-state index contributed by atoms with van der Waals surface area (Å²) in [5.41, 5.74) is -0.208. The van der Waals surface area contributed by atoms with Gasteiger partial charge < -0.3 is 0 Å². The Hall–Kier alpha value is -2.49. The van der Waals surface area contributed by atoms with Crippen LogP contribution in [0.3, 0.4) is 0 Å². The second kappa shape index (κ2) is 4.65. The minimum absolute atomic E-state index is 0.0551. The van der Waals surface area contributed by atoms with Crippen molar-refractivity contribution in [2.24, 2.45) is 0 Å². The molecule has 0 amide bonds. The van der Waals surface area contributed by atoms with E-state index < -0.39 is 14.9 Å². The molecule has 0 atom stereocenters. The van der Waals surface area contributed by atoms with E-state index in [1.54, 1.807) is 0 Å². The Kier molecular flexibility index (Phi) is 3.17. The van der Waals surface area contributed by atoms with Crippen molar-refractivity contribution in [2.75, 3.05) is 4.72 Å². The van der Waals surface area contributed by atoms with Gasteiger partial charge in [0.15, 0.2) is 0 Å². The van der Waals surface area contributed by atoms with E-state index in [2.05, 4.69) is 19.9 Å². The Morgan fingerprint density at radius 1 is 1.42 bits per heavy atom. The van der Waals surface area contributed by atoms with E-state index in [0.717, 1.165) is 6.33 Å². The summed E-state index contributed by atoms with van der Waals surface area (Å²) in [6.45, 7) is 1.37. The number of anilines is 1. The van der Waals surface area contributed by atoms with Crippen LogP contribution in [0.5, 0.6) is 0 Å². The van der Waals surface area contributed by atoms with Crippen molar-refractivity contribution < 1.29 is 13.3 Å². The van der Waals surface area contributed by atoms with E-state index in [1.165, 1.54) is 25.1 Å². The third kappa shape index (κ3) is 2.52. The number of rotatable bonds is 4. The van der Waals surface area contributed by atoms with Crippen LogP contribution in [0.4, 0.5) is 11.6 Å². The summed E-state index contributed by atoms with van der Waals surface area (Å²) in [5.74, 6) is -0.0640. The van der Waals surface area contributed by atoms with Crippen molar-refractivity contribution in [3.05, 3.63) is 40.2 Å². The lowest BCUT2D eigenvalue weighted by Gasteiger charge is -2.07. The molecule has 100 valence electrons. The largest absolute Gasteiger partial charge is 0.273 e. The van der Waals surface area contributed by atoms with Crippen LogP contribution in [0.15, 0.2) is 29.4 Å². The number of H-pyrrole nitrogens is 1. The maximum atomic E-state index is 12.1. The molecule has 9 nitrogen and oxygen atoms in total. The second-order valence-corrected chi connectivity index (χ2v) is 5.25. The molecule has 0 aliphatic rings. The topological polar surface area (TPSA) is 131 Å². The fraction of sp³-hybridized carbons (Fsp3) is 0.111. The van der Waals surface area contributed by atoms with Crippen LogP contribution >= 0.6 is 0 Å². The van der Waals surface area contributed by atoms with Gasteiger partial charge in [-0.15, -0.1) is 0 Å². The third-order valence-electron chi connectivity index (χ3n) is 2.39. The number of nitrogens with one attached hydrogen (secondary N) is 2. The number of hydrogen-bond donors (Lipinski definition) is 2. The lowest BCUT2D eigenvalue weighted by molar-refractivity contribution is -0.385. The predicted molar refractivity (Wildman–Crippen MR) is 65.0 cm³/mol. The summed E-state index contributed by atoms with van der Waals surface area (Å²) in [6, 6.07) is 3.82. The van der Waals surface area contributed by atoms with Crippen molar-refractivity contribution in [1.82, 2.24) is 15.2 Å². The van der Waals surface area contributed by atoms with Crippen molar-refractivity contribution >= 4 is 21.7 Å². The Bertz CT molecular complexity index is 710. The predicted octanol–water partition coefficient (Wildman–Crippen LogP) is 0.822. The van der Waals surface area contributed by atoms with Gasteiger partial charge in [0.25, 0.3) is 15.7 Å². The van der Waals surface area contributed by atoms with E-state index in [9.17, 15) is 18.5 Å². The standard InChI is InChI=1S/C9H9N5O4S/c1-6-7(14(15)16)3-2-4-8(6)19(17,18)13-9-10-5-11-12-9/h2-5H,1H3,(H2,10,11,12,13). The van der Waals surface area contributed by atoms with Gasteiger partial charge in [0.2, 0.25) is 5.95 Å². The van der Waals surface area contributed by atoms with Crippen molar-refractivity contribution in [3.63, 3.8) is 0 Å². The summed E-state index contributed by atoms with van der Waals surface area (Å²) in [4.78, 5) is 13.6. The fourth-order valence-electron chi connectivity index (χ4n) is 1.53. The summed E-state index contributed by atoms with van der Waals surface area (Å²) < 4.78 is 26.3. The number of benzene rings is 1. The van der Waals surface area contributed by atoms with Gasteiger partial charge in [-0.25, -0.2) is 18.2 Å². The number of aromatic amines is 1. The lowest BCUT2D eigenvalue weighted by atomic mass is 10.2. The van der Waals surface area contributed by atoms with Crippen LogP contribution in [-0.2, 0) is 10.0 Å². The first-order valence-corrected chi connectivity index (χ1v) is 6.52. The Labute approximate surface area is 107 Å². The van der Waals surface area contributed by atoms with Gasteiger partial charge in [0.1, 0.15) is 6.33 Å². The van der Waals surface area contributed by atoms with Gasteiger partial charge in [-0.1, -0.05) is 6.07 Å². The molecule has 0 spiro atoms. The van der Waals surface area contributed by atoms with Gasteiger partial charge >= 0.3 is 0 Å². The molecule has 1 aromatic carbocycles. The van der Waals surface area contributed by atoms with Crippen molar-refractivity contribution in [3.8, 4) is 0 Å². The smallest absolute Gasteiger partial charge is 0.258 e. The second-order valence-electron chi connectivity index (χ2n) is 3.60. The maximum Gasteiger partial charge on any atom is 0.273 e. The first kappa shape index (κ1) is 13.0. The van der Waals surface area contributed by atoms with Crippen molar-refractivity contribution in [2.45, 2.75) is 11.8 Å². The van der Waals surface area contributed by atoms with Crippen LogP contribution < -0.4 is 4.72 Å². The molecule has 0 unspecified atom stereocenters. The quantitative estimate of drug-likeness (QED) is 0.630. The number of hydrogen-bond acceptors (Lipinski definition) is 6. The normalized spacial score (nSPS) is 11.2. The molecule has 0 saturated carbocycles. The highest BCUT2D eigenvalue weighted by atomic mass is 32.2. The summed E-state index contributed by atoms with van der Waals surface area (Å²) in [5, 5.41) is 16.6. The maximum absolute atomic E-state index is 12.1. The highest BCUT2D eigenvalue weighted by Crippen LogP contribution is 2.25. The zero-order valence-electron chi connectivity index (χ0n) is 9.69. The molecule has 10 heteroatoms. The van der Waals surface area contributed by atoms with E-state index >= 15 is 0 Å². The number of nitrogens with zero attached hydrogens (tertiary/aromatic N) is 3. The van der Waals surface area contributed by atoms with Crippen molar-refractivity contribution in [1.29, 1.82) is 0 Å². The van der Waals surface area contributed by atoms with Gasteiger partial charge in [-0.3, -0.25) is 10.1 Å². The summed E-state index contributed by atoms with van der Waals surface area (Å²) in [7, 11) is -3.96. The van der Waals surface area contributed by atoms with Crippen LogP contribution in [0.25, 0.3) is 0 Å². The lowest BCUT2D eigenvalue weighted by Crippen LogP contribution is -2.15. The highest BCUT2D eigenvalue weighted by Gasteiger charge is 2.23. The van der Waals surface area contributed by atoms with E-state index in [4.69, 9.17) is 0 Å². The number of nitro benzene ring substituents is 1. The third-order valence-corrected chi connectivity index (χ3v) is 3.87. The zero-order chi connectivity index (χ0) is 14.0. The van der Waals surface area contributed by atoms with Gasteiger partial charge in [-0.2, -0.15) is 10.1 Å². The van der Waals surface area contributed by atoms with E-state index in [0.29, 0.717) is 0 Å². The molecule has 2 N–H and O–H groups in total. The van der Waals surface area contributed by atoms with Gasteiger partial charge in [0, 0.05) is 11.6 Å². The molecule has 0 aliphatic carbocycles. The van der Waals surface area contributed by atoms with Crippen LogP contribution in [0.2, 0.25) is 0 Å². The summed E-state index contributed by atoms with van der Waals surface area (Å²) in [6.07, 6.45) is 1.14. The highest BCUT2D eigenvalue weighted by molar-refractivity contribution is 7.92. The zero-order valence-corrected chi connectivity index (χ0v) is 10.5. The average Bonchev–Trinajstić information content (AvgIpc) is 2.80. The minimum Gasteiger partial charge on any atom is -0.258 e. The van der Waals surface area contributed by atoms with Gasteiger partial charge in [0.05, 0.1) is 9.82 Å². The van der Waals surface area contributed by atoms with Gasteiger partial charge in [-0.05, 0) is 13.0 Å². The van der Waals surface area contributed by atoms with E-state index in [-0.39, 0.29) is 22.1 Å². The SMILES string of the molecule is Cc1c([N+](=O)[O-])cccc1S(=O)(=O)Nc1ncn[nH]1. The summed E-state index contributed by atoms with van der Waals surface area (Å²) >= 11 is 0. The van der Waals surface area contributed by atoms with E-state index in [1.807, 2.05) is 0 Å². The Morgan fingerprint density at radius 3 is 2.74 bits per heavy atom. The molecule has 2 rings (SSSR count). The Balaban J connectivity index is 2.47. The van der Waals surface area contributed by atoms with Crippen LogP contribution in [-0.4, -0.2) is 28.5 Å². The molecular formula is C9H9N5O4S. The number of sulfonamides is 1. The van der Waals surface area contributed by atoms with Crippen LogP contribution in [0, 0.1) is 17.0 Å². The molecule has 0 aliphatic heterocycles. The first-order chi connectivity index (χ1) is 8.92. The molecule has 1 aromatic heterocycles. The monoisotopic (exact) mass is 283 g/mol. The molecule has 2 aromatic rings. The van der Waals surface area contributed by atoms with Crippen LogP contribution in [0.1, 0.15) is 5.56 Å². The number of nitro groups is 1. The molecule has 1 heterocycles. The number of aromatic nitrogens is 3. The average molecular weight is 283 g/mol. The molecule has 0 radical (unpaired) electrons. The molecule has 0 bridgehead atoms. The molecular weight excluding hydrogens is 274 g/mol. The Morgan fingerprint density at radius 2 is 2.16 bits per heavy atom.